The fraction of sp³-hybridized carbons (Fsp3) is 0.250. The minimum Gasteiger partial charge on any atom is -0.249 e. The van der Waals surface area contributed by atoms with Crippen molar-refractivity contribution in [1.29, 1.82) is 0 Å². The summed E-state index contributed by atoms with van der Waals surface area (Å²) in [6.07, 6.45) is 1.02. The third kappa shape index (κ3) is 1.16. The second-order valence-corrected chi connectivity index (χ2v) is 1.76. The van der Waals surface area contributed by atoms with Gasteiger partial charge in [-0.05, 0) is 0 Å². The van der Waals surface area contributed by atoms with Gasteiger partial charge in [-0.25, -0.2) is 9.98 Å². The lowest BCUT2D eigenvalue weighted by atomic mass is 10.5. The molecule has 0 aromatic carbocycles. The Labute approximate surface area is 51.1 Å². The first kappa shape index (κ1) is 5.50. The Morgan fingerprint density at radius 2 is 2.50 bits per heavy atom. The molecule has 0 atom stereocenters. The second-order valence-electron chi connectivity index (χ2n) is 1.29. The van der Waals surface area contributed by atoms with Crippen LogP contribution >= 0.6 is 12.2 Å². The number of nitrogens with zero attached hydrogens (tertiary/aromatic N) is 2. The molecule has 0 bridgehead atoms. The van der Waals surface area contributed by atoms with Gasteiger partial charge in [0, 0.05) is 0 Å². The zero-order chi connectivity index (χ0) is 5.98. The molecule has 0 N–H and O–H groups in total. The van der Waals surface area contributed by atoms with Gasteiger partial charge < -0.3 is 0 Å². The van der Waals surface area contributed by atoms with E-state index in [2.05, 4.69) is 22.2 Å². The molecule has 0 saturated carbocycles. The SMILES string of the molecule is FC1=NCC(=S)N=C1. The Bertz CT molecular complexity index is 170. The van der Waals surface area contributed by atoms with Gasteiger partial charge in [0.2, 0.25) is 5.97 Å². The highest BCUT2D eigenvalue weighted by molar-refractivity contribution is 7.80. The van der Waals surface area contributed by atoms with Gasteiger partial charge in [0.1, 0.15) is 4.99 Å². The molecule has 1 aliphatic rings. The number of hydrogen-bond donors (Lipinski definition) is 0. The molecule has 0 aromatic rings. The summed E-state index contributed by atoms with van der Waals surface area (Å²) in [6, 6.07) is 0. The van der Waals surface area contributed by atoms with Crippen molar-refractivity contribution in [1.82, 2.24) is 0 Å². The quantitative estimate of drug-likeness (QED) is 0.444. The minimum absolute atomic E-state index is 0.220. The summed E-state index contributed by atoms with van der Waals surface area (Å²) in [7, 11) is 0. The summed E-state index contributed by atoms with van der Waals surface area (Å²) in [5.74, 6) is -0.543. The predicted octanol–water partition coefficient (Wildman–Crippen LogP) is 0.766. The van der Waals surface area contributed by atoms with Crippen LogP contribution in [0.4, 0.5) is 4.39 Å². The van der Waals surface area contributed by atoms with Gasteiger partial charge in [0.15, 0.2) is 0 Å². The van der Waals surface area contributed by atoms with Crippen LogP contribution in [0.15, 0.2) is 9.98 Å². The summed E-state index contributed by atoms with van der Waals surface area (Å²) < 4.78 is 11.9. The molecule has 1 rings (SSSR count). The Balaban J connectivity index is 2.71. The van der Waals surface area contributed by atoms with Crippen molar-refractivity contribution < 1.29 is 4.39 Å². The van der Waals surface area contributed by atoms with E-state index >= 15 is 0 Å². The zero-order valence-corrected chi connectivity index (χ0v) is 4.78. The van der Waals surface area contributed by atoms with Gasteiger partial charge in [-0.2, -0.15) is 4.39 Å². The lowest BCUT2D eigenvalue weighted by Gasteiger charge is -1.95. The van der Waals surface area contributed by atoms with E-state index < -0.39 is 5.97 Å². The molecule has 0 aliphatic carbocycles. The molecule has 4 heteroatoms. The molecule has 0 spiro atoms. The van der Waals surface area contributed by atoms with E-state index in [1.54, 1.807) is 0 Å². The van der Waals surface area contributed by atoms with Crippen LogP contribution in [-0.4, -0.2) is 23.7 Å². The highest BCUT2D eigenvalue weighted by Crippen LogP contribution is 1.90. The number of thiocarbonyl (C=S) groups is 1. The maximum absolute atomic E-state index is 11.9. The Kier molecular flexibility index (Phi) is 1.43. The van der Waals surface area contributed by atoms with E-state index in [9.17, 15) is 4.39 Å². The van der Waals surface area contributed by atoms with Gasteiger partial charge in [0.25, 0.3) is 0 Å². The second kappa shape index (κ2) is 2.09. The molecule has 0 aromatic heterocycles. The van der Waals surface area contributed by atoms with Crippen LogP contribution in [0.25, 0.3) is 0 Å². The number of halogens is 1. The number of rotatable bonds is 0. The van der Waals surface area contributed by atoms with Crippen LogP contribution in [0, 0.1) is 0 Å². The van der Waals surface area contributed by atoms with Crippen molar-refractivity contribution in [2.24, 2.45) is 9.98 Å². The van der Waals surface area contributed by atoms with E-state index in [0.29, 0.717) is 4.99 Å². The predicted molar refractivity (Wildman–Crippen MR) is 34.5 cm³/mol. The molecule has 0 amide bonds. The highest BCUT2D eigenvalue weighted by Gasteiger charge is 1.99. The number of aliphatic imine (C=N–C) groups is 2. The third-order valence-corrected chi connectivity index (χ3v) is 0.915. The molecule has 0 fully saturated rings. The van der Waals surface area contributed by atoms with Gasteiger partial charge in [-0.15, -0.1) is 0 Å². The molecule has 1 heterocycles. The Morgan fingerprint density at radius 3 is 2.88 bits per heavy atom. The van der Waals surface area contributed by atoms with E-state index in [1.165, 1.54) is 0 Å². The van der Waals surface area contributed by atoms with E-state index in [-0.39, 0.29) is 6.54 Å². The topological polar surface area (TPSA) is 24.7 Å². The van der Waals surface area contributed by atoms with Crippen molar-refractivity contribution in [3.8, 4) is 0 Å². The average molecular weight is 130 g/mol. The smallest absolute Gasteiger partial charge is 0.227 e. The molecule has 1 aliphatic heterocycles. The first-order chi connectivity index (χ1) is 3.79. The fourth-order valence-electron chi connectivity index (χ4n) is 0.350. The van der Waals surface area contributed by atoms with Crippen LogP contribution in [0.3, 0.4) is 0 Å². The van der Waals surface area contributed by atoms with Crippen molar-refractivity contribution in [2.75, 3.05) is 6.54 Å². The molecule has 8 heavy (non-hydrogen) atoms. The zero-order valence-electron chi connectivity index (χ0n) is 3.97. The van der Waals surface area contributed by atoms with E-state index in [4.69, 9.17) is 0 Å². The lowest BCUT2D eigenvalue weighted by molar-refractivity contribution is 0.815. The third-order valence-electron chi connectivity index (χ3n) is 0.680. The molecular formula is C4H3FN2S. The number of hydrogen-bond acceptors (Lipinski definition) is 2. The van der Waals surface area contributed by atoms with Gasteiger partial charge in [0.05, 0.1) is 12.8 Å². The molecule has 2 nitrogen and oxygen atoms in total. The van der Waals surface area contributed by atoms with Crippen LogP contribution in [0.2, 0.25) is 0 Å². The molecule has 42 valence electrons. The van der Waals surface area contributed by atoms with Crippen LogP contribution in [0.1, 0.15) is 0 Å². The van der Waals surface area contributed by atoms with Crippen LogP contribution in [-0.2, 0) is 0 Å². The summed E-state index contributed by atoms with van der Waals surface area (Å²) in [4.78, 5) is 7.32. The van der Waals surface area contributed by atoms with Gasteiger partial charge >= 0.3 is 0 Å². The standard InChI is InChI=1S/C4H3FN2S/c5-3-1-7-4(8)2-6-3/h1H,2H2. The summed E-state index contributed by atoms with van der Waals surface area (Å²) in [5, 5.41) is 0. The van der Waals surface area contributed by atoms with E-state index in [0.717, 1.165) is 6.21 Å². The monoisotopic (exact) mass is 130 g/mol. The molecule has 0 radical (unpaired) electrons. The summed E-state index contributed by atoms with van der Waals surface area (Å²) >= 11 is 4.59. The maximum Gasteiger partial charge on any atom is 0.227 e. The summed E-state index contributed by atoms with van der Waals surface area (Å²) in [6.45, 7) is 0.220. The lowest BCUT2D eigenvalue weighted by Crippen LogP contribution is -2.07. The maximum atomic E-state index is 11.9. The fourth-order valence-corrected chi connectivity index (χ4v) is 0.467. The molecule has 0 unspecified atom stereocenters. The van der Waals surface area contributed by atoms with Crippen molar-refractivity contribution in [3.05, 3.63) is 0 Å². The van der Waals surface area contributed by atoms with Gasteiger partial charge in [-0.3, -0.25) is 0 Å². The first-order valence-corrected chi connectivity index (χ1v) is 2.47. The normalized spacial score (nSPS) is 18.6. The van der Waals surface area contributed by atoms with Crippen LogP contribution < -0.4 is 0 Å². The van der Waals surface area contributed by atoms with Crippen molar-refractivity contribution in [3.63, 3.8) is 0 Å². The van der Waals surface area contributed by atoms with Gasteiger partial charge in [-0.1, -0.05) is 12.2 Å². The largest absolute Gasteiger partial charge is 0.249 e. The summed E-state index contributed by atoms with van der Waals surface area (Å²) in [5.41, 5.74) is 0. The first-order valence-electron chi connectivity index (χ1n) is 2.06. The highest BCUT2D eigenvalue weighted by atomic mass is 32.1. The Hall–Kier alpha value is -0.640. The van der Waals surface area contributed by atoms with Crippen molar-refractivity contribution in [2.45, 2.75) is 0 Å². The molecule has 0 saturated heterocycles. The van der Waals surface area contributed by atoms with Crippen LogP contribution in [0.5, 0.6) is 0 Å². The molecular weight excluding hydrogens is 127 g/mol. The Morgan fingerprint density at radius 1 is 1.75 bits per heavy atom. The average Bonchev–Trinajstić information content (AvgIpc) is 1.77. The van der Waals surface area contributed by atoms with E-state index in [1.807, 2.05) is 0 Å². The van der Waals surface area contributed by atoms with Crippen molar-refractivity contribution >= 4 is 29.4 Å². The minimum atomic E-state index is -0.543.